The Morgan fingerprint density at radius 1 is 1.37 bits per heavy atom. The lowest BCUT2D eigenvalue weighted by molar-refractivity contribution is -0.131. The minimum Gasteiger partial charge on any atom is -0.426 e. The molecule has 0 heterocycles. The van der Waals surface area contributed by atoms with Crippen LogP contribution in [0.4, 0.5) is 0 Å². The Bertz CT molecular complexity index is 491. The first-order valence-corrected chi connectivity index (χ1v) is 6.01. The number of guanidine groups is 1. The van der Waals surface area contributed by atoms with Gasteiger partial charge in [-0.1, -0.05) is 24.8 Å². The van der Waals surface area contributed by atoms with Gasteiger partial charge in [-0.05, 0) is 24.5 Å². The standard InChI is InChI=1S/C14H19N3O2/c1-10(6-5-9-17-14(15)16)12-7-3-4-8-13(12)19-11(2)18/h3-4,7-8H,1,5-6,9H2,2H3,(H4,15,16,17). The lowest BCUT2D eigenvalue weighted by atomic mass is 10.0. The molecule has 0 atom stereocenters. The molecule has 0 aliphatic rings. The molecule has 19 heavy (non-hydrogen) atoms. The van der Waals surface area contributed by atoms with Gasteiger partial charge in [-0.3, -0.25) is 9.79 Å². The number of aliphatic imine (C=N–C) groups is 1. The van der Waals surface area contributed by atoms with E-state index in [1.807, 2.05) is 18.2 Å². The summed E-state index contributed by atoms with van der Waals surface area (Å²) in [6, 6.07) is 7.32. The molecule has 102 valence electrons. The van der Waals surface area contributed by atoms with E-state index >= 15 is 0 Å². The monoisotopic (exact) mass is 261 g/mol. The molecule has 1 aromatic rings. The van der Waals surface area contributed by atoms with Gasteiger partial charge in [0.25, 0.3) is 0 Å². The number of nitrogens with two attached hydrogens (primary N) is 2. The second-order valence-corrected chi connectivity index (χ2v) is 4.10. The summed E-state index contributed by atoms with van der Waals surface area (Å²) >= 11 is 0. The van der Waals surface area contributed by atoms with E-state index in [4.69, 9.17) is 16.2 Å². The number of rotatable bonds is 6. The van der Waals surface area contributed by atoms with E-state index in [-0.39, 0.29) is 11.9 Å². The molecule has 5 nitrogen and oxygen atoms in total. The van der Waals surface area contributed by atoms with Crippen molar-refractivity contribution in [2.75, 3.05) is 6.54 Å². The van der Waals surface area contributed by atoms with Crippen LogP contribution in [0.1, 0.15) is 25.3 Å². The normalized spacial score (nSPS) is 9.74. The smallest absolute Gasteiger partial charge is 0.308 e. The number of para-hydroxylation sites is 1. The molecular weight excluding hydrogens is 242 g/mol. The molecule has 0 aliphatic carbocycles. The lowest BCUT2D eigenvalue weighted by Gasteiger charge is -2.10. The summed E-state index contributed by atoms with van der Waals surface area (Å²) in [5.41, 5.74) is 12.2. The van der Waals surface area contributed by atoms with Gasteiger partial charge in [0.05, 0.1) is 0 Å². The number of carbonyl (C=O) groups is 1. The average Bonchev–Trinajstić information content (AvgIpc) is 2.34. The predicted octanol–water partition coefficient (Wildman–Crippen LogP) is 1.68. The highest BCUT2D eigenvalue weighted by Crippen LogP contribution is 2.27. The fraction of sp³-hybridized carbons (Fsp3) is 0.286. The van der Waals surface area contributed by atoms with Crippen LogP contribution in [-0.4, -0.2) is 18.5 Å². The van der Waals surface area contributed by atoms with E-state index in [1.54, 1.807) is 6.07 Å². The van der Waals surface area contributed by atoms with Crippen molar-refractivity contribution in [1.82, 2.24) is 0 Å². The number of carbonyl (C=O) groups excluding carboxylic acids is 1. The van der Waals surface area contributed by atoms with E-state index < -0.39 is 0 Å². The van der Waals surface area contributed by atoms with Crippen molar-refractivity contribution >= 4 is 17.5 Å². The van der Waals surface area contributed by atoms with E-state index in [0.717, 1.165) is 24.0 Å². The predicted molar refractivity (Wildman–Crippen MR) is 76.7 cm³/mol. The Hall–Kier alpha value is -2.30. The minimum atomic E-state index is -0.347. The third kappa shape index (κ3) is 5.25. The first-order chi connectivity index (χ1) is 9.00. The van der Waals surface area contributed by atoms with Gasteiger partial charge in [0.2, 0.25) is 0 Å². The van der Waals surface area contributed by atoms with Crippen molar-refractivity contribution in [3.05, 3.63) is 36.4 Å². The zero-order chi connectivity index (χ0) is 14.3. The van der Waals surface area contributed by atoms with Gasteiger partial charge < -0.3 is 16.2 Å². The molecule has 0 fully saturated rings. The van der Waals surface area contributed by atoms with Crippen LogP contribution in [0.2, 0.25) is 0 Å². The summed E-state index contributed by atoms with van der Waals surface area (Å²) in [7, 11) is 0. The van der Waals surface area contributed by atoms with Crippen LogP contribution < -0.4 is 16.2 Å². The summed E-state index contributed by atoms with van der Waals surface area (Å²) in [6.45, 7) is 5.93. The van der Waals surface area contributed by atoms with Gasteiger partial charge in [-0.15, -0.1) is 0 Å². The number of benzene rings is 1. The van der Waals surface area contributed by atoms with Gasteiger partial charge in [-0.25, -0.2) is 0 Å². The first-order valence-electron chi connectivity index (χ1n) is 6.01. The van der Waals surface area contributed by atoms with E-state index in [0.29, 0.717) is 12.3 Å². The van der Waals surface area contributed by atoms with Crippen LogP contribution in [0.5, 0.6) is 5.75 Å². The number of hydrogen-bond donors (Lipinski definition) is 2. The van der Waals surface area contributed by atoms with Crippen LogP contribution in [0.3, 0.4) is 0 Å². The highest BCUT2D eigenvalue weighted by Gasteiger charge is 2.08. The number of hydrogen-bond acceptors (Lipinski definition) is 3. The van der Waals surface area contributed by atoms with E-state index in [9.17, 15) is 4.79 Å². The van der Waals surface area contributed by atoms with Gasteiger partial charge in [0.15, 0.2) is 5.96 Å². The number of esters is 1. The molecule has 0 saturated heterocycles. The van der Waals surface area contributed by atoms with Crippen LogP contribution in [0.15, 0.2) is 35.8 Å². The molecule has 0 spiro atoms. The molecule has 5 heteroatoms. The Labute approximate surface area is 113 Å². The maximum atomic E-state index is 11.0. The highest BCUT2D eigenvalue weighted by molar-refractivity contribution is 5.76. The summed E-state index contributed by atoms with van der Waals surface area (Å²) in [5.74, 6) is 0.272. The van der Waals surface area contributed by atoms with Crippen molar-refractivity contribution in [3.8, 4) is 5.75 Å². The molecule has 0 aromatic heterocycles. The zero-order valence-electron chi connectivity index (χ0n) is 11.1. The third-order valence-electron chi connectivity index (χ3n) is 2.45. The number of allylic oxidation sites excluding steroid dienone is 1. The summed E-state index contributed by atoms with van der Waals surface area (Å²) in [5, 5.41) is 0. The van der Waals surface area contributed by atoms with E-state index in [1.165, 1.54) is 6.92 Å². The third-order valence-corrected chi connectivity index (χ3v) is 2.45. The van der Waals surface area contributed by atoms with Crippen molar-refractivity contribution in [1.29, 1.82) is 0 Å². The quantitative estimate of drug-likeness (QED) is 0.268. The number of nitrogens with zero attached hydrogens (tertiary/aromatic N) is 1. The average molecular weight is 261 g/mol. The molecule has 1 aromatic carbocycles. The fourth-order valence-corrected chi connectivity index (χ4v) is 1.64. The summed E-state index contributed by atoms with van der Waals surface area (Å²) in [6.07, 6.45) is 1.51. The first kappa shape index (κ1) is 14.8. The largest absolute Gasteiger partial charge is 0.426 e. The Morgan fingerprint density at radius 2 is 2.05 bits per heavy atom. The Kier molecular flexibility index (Phi) is 5.60. The molecule has 0 aliphatic heterocycles. The molecule has 0 radical (unpaired) electrons. The molecular formula is C14H19N3O2. The summed E-state index contributed by atoms with van der Waals surface area (Å²) in [4.78, 5) is 14.9. The fourth-order valence-electron chi connectivity index (χ4n) is 1.64. The molecule has 0 amide bonds. The van der Waals surface area contributed by atoms with Crippen LogP contribution >= 0.6 is 0 Å². The molecule has 1 rings (SSSR count). The van der Waals surface area contributed by atoms with Crippen LogP contribution in [-0.2, 0) is 4.79 Å². The van der Waals surface area contributed by atoms with Gasteiger partial charge in [0.1, 0.15) is 5.75 Å². The molecule has 0 bridgehead atoms. The van der Waals surface area contributed by atoms with E-state index in [2.05, 4.69) is 11.6 Å². The van der Waals surface area contributed by atoms with Gasteiger partial charge >= 0.3 is 5.97 Å². The van der Waals surface area contributed by atoms with Gasteiger partial charge in [-0.2, -0.15) is 0 Å². The maximum absolute atomic E-state index is 11.0. The molecule has 0 unspecified atom stereocenters. The highest BCUT2D eigenvalue weighted by atomic mass is 16.5. The van der Waals surface area contributed by atoms with Crippen molar-refractivity contribution in [3.63, 3.8) is 0 Å². The van der Waals surface area contributed by atoms with Crippen molar-refractivity contribution < 1.29 is 9.53 Å². The van der Waals surface area contributed by atoms with Crippen molar-refractivity contribution in [2.24, 2.45) is 16.5 Å². The Balaban J connectivity index is 2.66. The zero-order valence-corrected chi connectivity index (χ0v) is 11.1. The van der Waals surface area contributed by atoms with Crippen LogP contribution in [0, 0.1) is 0 Å². The summed E-state index contributed by atoms with van der Waals surface area (Å²) < 4.78 is 5.14. The van der Waals surface area contributed by atoms with Crippen LogP contribution in [0.25, 0.3) is 5.57 Å². The number of ether oxygens (including phenoxy) is 1. The van der Waals surface area contributed by atoms with Gasteiger partial charge in [0, 0.05) is 19.0 Å². The Morgan fingerprint density at radius 3 is 2.68 bits per heavy atom. The second-order valence-electron chi connectivity index (χ2n) is 4.10. The minimum absolute atomic E-state index is 0.0888. The lowest BCUT2D eigenvalue weighted by Crippen LogP contribution is -2.22. The topological polar surface area (TPSA) is 90.7 Å². The molecule has 0 saturated carbocycles. The second kappa shape index (κ2) is 7.20. The van der Waals surface area contributed by atoms with Crippen molar-refractivity contribution in [2.45, 2.75) is 19.8 Å². The molecule has 4 N–H and O–H groups in total. The maximum Gasteiger partial charge on any atom is 0.308 e. The SMILES string of the molecule is C=C(CCCN=C(N)N)c1ccccc1OC(C)=O.